The van der Waals surface area contributed by atoms with Crippen molar-refractivity contribution in [2.24, 2.45) is 0 Å². The lowest BCUT2D eigenvalue weighted by Gasteiger charge is -2.35. The Labute approximate surface area is 137 Å². The second kappa shape index (κ2) is 6.36. The minimum absolute atomic E-state index is 0.800. The Bertz CT molecular complexity index is 661. The minimum atomic E-state index is 0.800. The minimum Gasteiger partial charge on any atom is -0.363 e. The monoisotopic (exact) mass is 313 g/mol. The maximum atomic E-state index is 4.66. The first-order valence-electron chi connectivity index (χ1n) is 7.84. The Hall–Kier alpha value is -2.44. The zero-order valence-electron chi connectivity index (χ0n) is 14.2. The number of rotatable bonds is 3. The van der Waals surface area contributed by atoms with E-state index in [4.69, 9.17) is 0 Å². The molecule has 0 bridgehead atoms. The van der Waals surface area contributed by atoms with E-state index in [1.54, 1.807) is 0 Å². The van der Waals surface area contributed by atoms with E-state index < -0.39 is 0 Å². The van der Waals surface area contributed by atoms with E-state index in [9.17, 15) is 0 Å². The van der Waals surface area contributed by atoms with Crippen LogP contribution >= 0.6 is 0 Å². The molecule has 0 spiro atoms. The molecule has 7 heteroatoms. The van der Waals surface area contributed by atoms with Gasteiger partial charge in [0.2, 0.25) is 11.9 Å². The van der Waals surface area contributed by atoms with Crippen LogP contribution in [-0.4, -0.2) is 60.2 Å². The van der Waals surface area contributed by atoms with Gasteiger partial charge in [-0.3, -0.25) is 0 Å². The maximum absolute atomic E-state index is 4.66. The second-order valence-electron chi connectivity index (χ2n) is 6.10. The summed E-state index contributed by atoms with van der Waals surface area (Å²) in [5.74, 6) is 2.55. The maximum Gasteiger partial charge on any atom is 0.227 e. The van der Waals surface area contributed by atoms with Crippen molar-refractivity contribution in [3.63, 3.8) is 0 Å². The van der Waals surface area contributed by atoms with E-state index in [2.05, 4.69) is 29.7 Å². The van der Waals surface area contributed by atoms with Gasteiger partial charge < -0.3 is 14.7 Å². The Morgan fingerprint density at radius 2 is 1.43 bits per heavy atom. The molecule has 1 saturated heterocycles. The van der Waals surface area contributed by atoms with Gasteiger partial charge in [0.1, 0.15) is 5.82 Å². The summed E-state index contributed by atoms with van der Waals surface area (Å²) in [5.41, 5.74) is 2.07. The molecule has 3 heterocycles. The van der Waals surface area contributed by atoms with Crippen molar-refractivity contribution in [2.75, 3.05) is 55.0 Å². The van der Waals surface area contributed by atoms with Gasteiger partial charge in [0, 0.05) is 64.4 Å². The molecular weight excluding hydrogens is 290 g/mol. The van der Waals surface area contributed by atoms with E-state index in [1.165, 1.54) is 0 Å². The fraction of sp³-hybridized carbons (Fsp3) is 0.500. The molecule has 0 aromatic carbocycles. The molecule has 1 aliphatic rings. The standard InChI is InChI=1S/C16H23N7/c1-12-10-17-15(18-11-12)22-5-7-23(8-6-22)16-19-13(2)9-14(20-16)21(3)4/h9-11H,5-8H2,1-4H3. The number of nitrogens with zero attached hydrogens (tertiary/aromatic N) is 7. The highest BCUT2D eigenvalue weighted by Crippen LogP contribution is 2.18. The van der Waals surface area contributed by atoms with E-state index in [0.29, 0.717) is 0 Å². The van der Waals surface area contributed by atoms with Crippen LogP contribution < -0.4 is 14.7 Å². The van der Waals surface area contributed by atoms with Gasteiger partial charge in [-0.25, -0.2) is 15.0 Å². The molecule has 1 aliphatic heterocycles. The van der Waals surface area contributed by atoms with Crippen LogP contribution in [0.1, 0.15) is 11.3 Å². The lowest BCUT2D eigenvalue weighted by molar-refractivity contribution is 0.626. The molecule has 0 unspecified atom stereocenters. The van der Waals surface area contributed by atoms with Crippen molar-refractivity contribution in [1.82, 2.24) is 19.9 Å². The second-order valence-corrected chi connectivity index (χ2v) is 6.10. The van der Waals surface area contributed by atoms with E-state index >= 15 is 0 Å². The summed E-state index contributed by atoms with van der Waals surface area (Å²) in [7, 11) is 4.00. The lowest BCUT2D eigenvalue weighted by atomic mass is 10.3. The summed E-state index contributed by atoms with van der Waals surface area (Å²) >= 11 is 0. The fourth-order valence-electron chi connectivity index (χ4n) is 2.56. The molecular formula is C16H23N7. The number of aromatic nitrogens is 4. The van der Waals surface area contributed by atoms with Crippen LogP contribution in [0.5, 0.6) is 0 Å². The highest BCUT2D eigenvalue weighted by Gasteiger charge is 2.21. The average molecular weight is 313 g/mol. The molecule has 0 amide bonds. The molecule has 0 aliphatic carbocycles. The molecule has 0 N–H and O–H groups in total. The van der Waals surface area contributed by atoms with Crippen LogP contribution in [-0.2, 0) is 0 Å². The van der Waals surface area contributed by atoms with Crippen LogP contribution in [0.3, 0.4) is 0 Å². The Morgan fingerprint density at radius 1 is 0.870 bits per heavy atom. The van der Waals surface area contributed by atoms with E-state index in [0.717, 1.165) is 55.2 Å². The first-order chi connectivity index (χ1) is 11.0. The molecule has 0 saturated carbocycles. The smallest absolute Gasteiger partial charge is 0.227 e. The zero-order chi connectivity index (χ0) is 16.4. The highest BCUT2D eigenvalue weighted by atomic mass is 15.4. The molecule has 0 atom stereocenters. The normalized spacial score (nSPS) is 15.0. The predicted molar refractivity (Wildman–Crippen MR) is 92.3 cm³/mol. The first kappa shape index (κ1) is 15.5. The van der Waals surface area contributed by atoms with Gasteiger partial charge in [0.25, 0.3) is 0 Å². The van der Waals surface area contributed by atoms with Crippen LogP contribution in [0.25, 0.3) is 0 Å². The SMILES string of the molecule is Cc1cnc(N2CCN(c3nc(C)cc(N(C)C)n3)CC2)nc1. The topological polar surface area (TPSA) is 61.3 Å². The molecule has 122 valence electrons. The summed E-state index contributed by atoms with van der Waals surface area (Å²) in [4.78, 5) is 24.5. The largest absolute Gasteiger partial charge is 0.363 e. The molecule has 3 rings (SSSR count). The molecule has 23 heavy (non-hydrogen) atoms. The molecule has 2 aromatic heterocycles. The molecule has 0 radical (unpaired) electrons. The highest BCUT2D eigenvalue weighted by molar-refractivity contribution is 5.46. The summed E-state index contributed by atoms with van der Waals surface area (Å²) < 4.78 is 0. The number of hydrogen-bond acceptors (Lipinski definition) is 7. The Balaban J connectivity index is 1.70. The van der Waals surface area contributed by atoms with Crippen molar-refractivity contribution in [3.8, 4) is 0 Å². The van der Waals surface area contributed by atoms with Crippen molar-refractivity contribution in [3.05, 3.63) is 29.7 Å². The zero-order valence-corrected chi connectivity index (χ0v) is 14.2. The number of hydrogen-bond donors (Lipinski definition) is 0. The third kappa shape index (κ3) is 3.49. The summed E-state index contributed by atoms with van der Waals surface area (Å²) in [6.07, 6.45) is 3.73. The number of aryl methyl sites for hydroxylation is 2. The number of piperazine rings is 1. The summed E-state index contributed by atoms with van der Waals surface area (Å²) in [6, 6.07) is 2.00. The fourth-order valence-corrected chi connectivity index (χ4v) is 2.56. The third-order valence-corrected chi connectivity index (χ3v) is 3.90. The van der Waals surface area contributed by atoms with Crippen LogP contribution in [0.4, 0.5) is 17.7 Å². The van der Waals surface area contributed by atoms with Crippen LogP contribution in [0, 0.1) is 13.8 Å². The average Bonchev–Trinajstić information content (AvgIpc) is 2.55. The molecule has 1 fully saturated rings. The predicted octanol–water partition coefficient (Wildman–Crippen LogP) is 1.28. The van der Waals surface area contributed by atoms with Gasteiger partial charge in [-0.2, -0.15) is 4.98 Å². The quantitative estimate of drug-likeness (QED) is 0.846. The van der Waals surface area contributed by atoms with E-state index in [1.807, 2.05) is 51.3 Å². The van der Waals surface area contributed by atoms with Gasteiger partial charge in [0.15, 0.2) is 0 Å². The van der Waals surface area contributed by atoms with Gasteiger partial charge in [0.05, 0.1) is 0 Å². The van der Waals surface area contributed by atoms with Crippen LogP contribution in [0.2, 0.25) is 0 Å². The van der Waals surface area contributed by atoms with Crippen molar-refractivity contribution in [2.45, 2.75) is 13.8 Å². The van der Waals surface area contributed by atoms with E-state index in [-0.39, 0.29) is 0 Å². The van der Waals surface area contributed by atoms with Gasteiger partial charge >= 0.3 is 0 Å². The van der Waals surface area contributed by atoms with Crippen molar-refractivity contribution >= 4 is 17.7 Å². The summed E-state index contributed by atoms with van der Waals surface area (Å²) in [5, 5.41) is 0. The van der Waals surface area contributed by atoms with Crippen LogP contribution in [0.15, 0.2) is 18.5 Å². The number of anilines is 3. The summed E-state index contributed by atoms with van der Waals surface area (Å²) in [6.45, 7) is 7.49. The Kier molecular flexibility index (Phi) is 4.27. The first-order valence-corrected chi connectivity index (χ1v) is 7.84. The van der Waals surface area contributed by atoms with Gasteiger partial charge in [-0.05, 0) is 19.4 Å². The van der Waals surface area contributed by atoms with Crippen molar-refractivity contribution in [1.29, 1.82) is 0 Å². The molecule has 7 nitrogen and oxygen atoms in total. The lowest BCUT2D eigenvalue weighted by Crippen LogP contribution is -2.47. The Morgan fingerprint density at radius 3 is 2.00 bits per heavy atom. The third-order valence-electron chi connectivity index (χ3n) is 3.90. The molecule has 2 aromatic rings. The van der Waals surface area contributed by atoms with Gasteiger partial charge in [-0.1, -0.05) is 0 Å². The van der Waals surface area contributed by atoms with Gasteiger partial charge in [-0.15, -0.1) is 0 Å². The van der Waals surface area contributed by atoms with Crippen molar-refractivity contribution < 1.29 is 0 Å².